The zero-order valence-electron chi connectivity index (χ0n) is 11.5. The maximum atomic E-state index is 11.0. The second-order valence-electron chi connectivity index (χ2n) is 4.50. The molecule has 0 aliphatic heterocycles. The van der Waals surface area contributed by atoms with Gasteiger partial charge in [-0.3, -0.25) is 0 Å². The number of hydrogen-bond acceptors (Lipinski definition) is 1. The van der Waals surface area contributed by atoms with E-state index in [0.717, 1.165) is 5.56 Å². The number of hydrogen-bond donors (Lipinski definition) is 0. The molecule has 0 saturated heterocycles. The van der Waals surface area contributed by atoms with Gasteiger partial charge in [-0.25, -0.2) is 0 Å². The molecule has 0 amide bonds. The van der Waals surface area contributed by atoms with Crippen molar-refractivity contribution in [1.29, 1.82) is 0 Å². The van der Waals surface area contributed by atoms with E-state index in [1.54, 1.807) is 0 Å². The smallest absolute Gasteiger partial charge is 0.863 e. The average molecular weight is 300 g/mol. The Balaban J connectivity index is 0.00000147. The molecule has 0 bridgehead atoms. The molecule has 0 aliphatic carbocycles. The average Bonchev–Trinajstić information content (AvgIpc) is 2.48. The first-order valence-electron chi connectivity index (χ1n) is 6.31. The summed E-state index contributed by atoms with van der Waals surface area (Å²) in [6, 6.07) is 23.5. The molecular weight excluding hydrogens is 287 g/mol. The Morgan fingerprint density at radius 2 is 1.40 bits per heavy atom. The summed E-state index contributed by atoms with van der Waals surface area (Å²) >= 11 is 0. The molecule has 0 spiro atoms. The van der Waals surface area contributed by atoms with Crippen molar-refractivity contribution < 1.29 is 56.2 Å². The van der Waals surface area contributed by atoms with Crippen LogP contribution in [-0.2, 0) is 6.04 Å². The van der Waals surface area contributed by atoms with Crippen LogP contribution < -0.4 is 56.2 Å². The summed E-state index contributed by atoms with van der Waals surface area (Å²) in [7, 11) is -0.297. The largest absolute Gasteiger partial charge is 1.00 e. The summed E-state index contributed by atoms with van der Waals surface area (Å²) in [6.07, 6.45) is 0. The van der Waals surface area contributed by atoms with Gasteiger partial charge in [0.15, 0.2) is 0 Å². The Hall–Kier alpha value is -0.267. The van der Waals surface area contributed by atoms with Gasteiger partial charge in [-0.15, -0.1) is 0 Å². The predicted octanol–water partition coefficient (Wildman–Crippen LogP) is -0.00970. The van der Waals surface area contributed by atoms with E-state index in [0.29, 0.717) is 6.04 Å². The quantitative estimate of drug-likeness (QED) is 0.624. The van der Waals surface area contributed by atoms with E-state index < -0.39 is 0 Å². The van der Waals surface area contributed by atoms with Crippen molar-refractivity contribution >= 4 is 20.5 Å². The van der Waals surface area contributed by atoms with Crippen molar-refractivity contribution in [2.75, 3.05) is 0 Å². The SMILES string of the molecule is [K+].[O-][Si]Cc1ccccc1-c1cccc2ccccc12. The Bertz CT molecular complexity index is 707. The number of rotatable bonds is 3. The van der Waals surface area contributed by atoms with Crippen LogP contribution in [0.25, 0.3) is 21.9 Å². The molecule has 3 heteroatoms. The fourth-order valence-corrected chi connectivity index (χ4v) is 2.94. The summed E-state index contributed by atoms with van der Waals surface area (Å²) in [6.45, 7) is 0. The summed E-state index contributed by atoms with van der Waals surface area (Å²) in [5.74, 6) is 0. The fraction of sp³-hybridized carbons (Fsp3) is 0.0588. The minimum atomic E-state index is -0.297. The van der Waals surface area contributed by atoms with E-state index in [1.807, 2.05) is 12.1 Å². The molecule has 0 saturated carbocycles. The predicted molar refractivity (Wildman–Crippen MR) is 78.8 cm³/mol. The van der Waals surface area contributed by atoms with Crippen LogP contribution in [-0.4, -0.2) is 9.76 Å². The fourth-order valence-electron chi connectivity index (χ4n) is 2.48. The van der Waals surface area contributed by atoms with Gasteiger partial charge in [0.2, 0.25) is 0 Å². The Kier molecular flexibility index (Phi) is 6.17. The maximum Gasteiger partial charge on any atom is 1.00 e. The van der Waals surface area contributed by atoms with Gasteiger partial charge >= 0.3 is 51.4 Å². The molecule has 3 rings (SSSR count). The topological polar surface area (TPSA) is 23.1 Å². The van der Waals surface area contributed by atoms with Gasteiger partial charge in [-0.2, -0.15) is 0 Å². The van der Waals surface area contributed by atoms with Crippen LogP contribution in [0.3, 0.4) is 0 Å². The molecule has 0 aromatic heterocycles. The van der Waals surface area contributed by atoms with Crippen LogP contribution in [0.2, 0.25) is 0 Å². The first-order valence-corrected chi connectivity index (χ1v) is 7.43. The minimum Gasteiger partial charge on any atom is -0.863 e. The minimum absolute atomic E-state index is 0. The zero-order valence-corrected chi connectivity index (χ0v) is 15.6. The van der Waals surface area contributed by atoms with E-state index in [9.17, 15) is 4.80 Å². The molecule has 3 aromatic rings. The first-order chi connectivity index (χ1) is 9.40. The standard InChI is InChI=1S/C17H13OSi.K/c18-19-12-14-7-2-4-10-16(14)17-11-5-8-13-6-1-3-9-15(13)17;/h1-11H,12H2;/q-1;+1. The van der Waals surface area contributed by atoms with Gasteiger partial charge in [0.1, 0.15) is 0 Å². The van der Waals surface area contributed by atoms with Crippen LogP contribution in [0, 0.1) is 0 Å². The van der Waals surface area contributed by atoms with E-state index in [2.05, 4.69) is 54.6 Å². The molecule has 0 fully saturated rings. The summed E-state index contributed by atoms with van der Waals surface area (Å²) in [4.78, 5) is 11.0. The second kappa shape index (κ2) is 7.66. The van der Waals surface area contributed by atoms with Gasteiger partial charge in [-0.05, 0) is 27.5 Å². The molecule has 2 radical (unpaired) electrons. The van der Waals surface area contributed by atoms with Crippen molar-refractivity contribution in [3.63, 3.8) is 0 Å². The van der Waals surface area contributed by atoms with Crippen molar-refractivity contribution in [2.24, 2.45) is 0 Å². The maximum absolute atomic E-state index is 11.0. The van der Waals surface area contributed by atoms with E-state index >= 15 is 0 Å². The Labute approximate surface area is 164 Å². The van der Waals surface area contributed by atoms with Crippen LogP contribution in [0.15, 0.2) is 66.7 Å². The zero-order chi connectivity index (χ0) is 13.1. The third kappa shape index (κ3) is 3.31. The third-order valence-corrected chi connectivity index (χ3v) is 3.89. The molecule has 92 valence electrons. The first kappa shape index (κ1) is 16.1. The monoisotopic (exact) mass is 300 g/mol. The normalized spacial score (nSPS) is 10.2. The van der Waals surface area contributed by atoms with Crippen LogP contribution in [0.1, 0.15) is 5.56 Å². The second-order valence-corrected chi connectivity index (χ2v) is 5.15. The molecule has 20 heavy (non-hydrogen) atoms. The summed E-state index contributed by atoms with van der Waals surface area (Å²) in [5, 5.41) is 2.48. The number of benzene rings is 3. The van der Waals surface area contributed by atoms with Crippen molar-refractivity contribution in [3.05, 3.63) is 72.3 Å². The van der Waals surface area contributed by atoms with Gasteiger partial charge in [0, 0.05) is 0 Å². The van der Waals surface area contributed by atoms with Crippen molar-refractivity contribution in [1.82, 2.24) is 0 Å². The molecular formula is C17H13KOSi. The molecule has 0 heterocycles. The molecule has 0 atom stereocenters. The third-order valence-electron chi connectivity index (χ3n) is 3.36. The molecule has 0 aliphatic rings. The van der Waals surface area contributed by atoms with E-state index in [1.165, 1.54) is 21.9 Å². The summed E-state index contributed by atoms with van der Waals surface area (Å²) < 4.78 is 0. The van der Waals surface area contributed by atoms with Crippen LogP contribution >= 0.6 is 0 Å². The van der Waals surface area contributed by atoms with Crippen molar-refractivity contribution in [3.8, 4) is 11.1 Å². The Morgan fingerprint density at radius 1 is 0.750 bits per heavy atom. The van der Waals surface area contributed by atoms with Crippen LogP contribution in [0.4, 0.5) is 0 Å². The molecule has 3 aromatic carbocycles. The number of fused-ring (bicyclic) bond motifs is 1. The van der Waals surface area contributed by atoms with Crippen LogP contribution in [0.5, 0.6) is 0 Å². The molecule has 0 unspecified atom stereocenters. The van der Waals surface area contributed by atoms with E-state index in [4.69, 9.17) is 0 Å². The van der Waals surface area contributed by atoms with Gasteiger partial charge < -0.3 is 4.80 Å². The Morgan fingerprint density at radius 3 is 2.25 bits per heavy atom. The van der Waals surface area contributed by atoms with Gasteiger partial charge in [-0.1, -0.05) is 82.5 Å². The molecule has 0 N–H and O–H groups in total. The van der Waals surface area contributed by atoms with Gasteiger partial charge in [0.05, 0.1) is 0 Å². The summed E-state index contributed by atoms with van der Waals surface area (Å²) in [5.41, 5.74) is 3.54. The van der Waals surface area contributed by atoms with Crippen molar-refractivity contribution in [2.45, 2.75) is 6.04 Å². The molecule has 1 nitrogen and oxygen atoms in total. The van der Waals surface area contributed by atoms with E-state index in [-0.39, 0.29) is 61.1 Å². The van der Waals surface area contributed by atoms with Gasteiger partial charge in [0.25, 0.3) is 0 Å².